The summed E-state index contributed by atoms with van der Waals surface area (Å²) in [5.74, 6) is -0.715. The maximum absolute atomic E-state index is 11.8. The smallest absolute Gasteiger partial charge is 0.325 e. The van der Waals surface area contributed by atoms with Crippen molar-refractivity contribution >= 4 is 17.3 Å². The summed E-state index contributed by atoms with van der Waals surface area (Å²) in [5, 5.41) is 11.7. The molecular weight excluding hydrogens is 286 g/mol. The molecule has 4 nitrogen and oxygen atoms in total. The molecule has 3 atom stereocenters. The maximum Gasteiger partial charge on any atom is 0.325 e. The van der Waals surface area contributed by atoms with Crippen LogP contribution in [0, 0.1) is 0 Å². The summed E-state index contributed by atoms with van der Waals surface area (Å²) >= 11 is 1.69. The van der Waals surface area contributed by atoms with Crippen LogP contribution in [0.5, 0.6) is 0 Å². The van der Waals surface area contributed by atoms with Gasteiger partial charge in [-0.15, -0.1) is 11.3 Å². The Morgan fingerprint density at radius 2 is 2.43 bits per heavy atom. The molecular formula is C16H23NO3S. The number of carboxylic acid groups (broad SMARTS) is 1. The summed E-state index contributed by atoms with van der Waals surface area (Å²) < 4.78 is 5.82. The molecule has 3 heterocycles. The van der Waals surface area contributed by atoms with E-state index < -0.39 is 12.0 Å². The molecule has 5 heteroatoms. The summed E-state index contributed by atoms with van der Waals surface area (Å²) in [6.07, 6.45) is 5.39. The van der Waals surface area contributed by atoms with Crippen molar-refractivity contribution in [3.05, 3.63) is 21.9 Å². The lowest BCUT2D eigenvalue weighted by Gasteiger charge is -2.42. The number of hydrogen-bond acceptors (Lipinski definition) is 4. The standard InChI is InChI=1S/C16H23NO3S/c1-2-3-12-10-11(5-8-20-12)17-7-4-14-13(6-9-21-14)15(17)16(18)19/h6,9,11-12,15H,2-5,7-8,10H2,1H3,(H,18,19). The van der Waals surface area contributed by atoms with Crippen LogP contribution in [-0.4, -0.2) is 41.3 Å². The molecule has 1 aromatic rings. The monoisotopic (exact) mass is 309 g/mol. The Hall–Kier alpha value is -0.910. The third-order valence-electron chi connectivity index (χ3n) is 4.66. The van der Waals surface area contributed by atoms with Crippen LogP contribution in [0.25, 0.3) is 0 Å². The lowest BCUT2D eigenvalue weighted by molar-refractivity contribution is -0.147. The second-order valence-corrected chi connectivity index (χ2v) is 6.99. The zero-order chi connectivity index (χ0) is 14.8. The van der Waals surface area contributed by atoms with Gasteiger partial charge in [-0.25, -0.2) is 0 Å². The van der Waals surface area contributed by atoms with Crippen molar-refractivity contribution in [1.29, 1.82) is 0 Å². The van der Waals surface area contributed by atoms with E-state index in [0.717, 1.165) is 50.8 Å². The van der Waals surface area contributed by atoms with Gasteiger partial charge in [0.25, 0.3) is 0 Å². The fraction of sp³-hybridized carbons (Fsp3) is 0.688. The molecule has 1 fully saturated rings. The van der Waals surface area contributed by atoms with Crippen LogP contribution in [0.2, 0.25) is 0 Å². The van der Waals surface area contributed by atoms with Gasteiger partial charge in [-0.1, -0.05) is 13.3 Å². The predicted molar refractivity (Wildman–Crippen MR) is 82.8 cm³/mol. The first-order valence-corrected chi connectivity index (χ1v) is 8.75. The Kier molecular flexibility index (Phi) is 4.62. The number of fused-ring (bicyclic) bond motifs is 1. The molecule has 3 unspecified atom stereocenters. The Bertz CT molecular complexity index is 499. The third-order valence-corrected chi connectivity index (χ3v) is 5.65. The minimum atomic E-state index is -0.715. The van der Waals surface area contributed by atoms with Gasteiger partial charge in [0.2, 0.25) is 0 Å². The summed E-state index contributed by atoms with van der Waals surface area (Å²) in [4.78, 5) is 15.3. The second-order valence-electron chi connectivity index (χ2n) is 5.99. The van der Waals surface area contributed by atoms with Crippen molar-refractivity contribution in [2.24, 2.45) is 0 Å². The number of rotatable bonds is 4. The Morgan fingerprint density at radius 1 is 1.57 bits per heavy atom. The quantitative estimate of drug-likeness (QED) is 0.928. The predicted octanol–water partition coefficient (Wildman–Crippen LogP) is 3.08. The van der Waals surface area contributed by atoms with Gasteiger partial charge in [0, 0.05) is 24.1 Å². The highest BCUT2D eigenvalue weighted by Gasteiger charge is 2.39. The van der Waals surface area contributed by atoms with Crippen LogP contribution < -0.4 is 0 Å². The minimum absolute atomic E-state index is 0.298. The first-order chi connectivity index (χ1) is 10.2. The molecule has 1 N–H and O–H groups in total. The SMILES string of the molecule is CCCC1CC(N2CCc3sccc3C2C(=O)O)CCO1. The van der Waals surface area contributed by atoms with E-state index >= 15 is 0 Å². The first-order valence-electron chi connectivity index (χ1n) is 7.87. The highest BCUT2D eigenvalue weighted by atomic mass is 32.1. The molecule has 0 bridgehead atoms. The lowest BCUT2D eigenvalue weighted by Crippen LogP contribution is -2.49. The highest BCUT2D eigenvalue weighted by molar-refractivity contribution is 7.10. The molecule has 0 spiro atoms. The summed E-state index contributed by atoms with van der Waals surface area (Å²) in [7, 11) is 0. The van der Waals surface area contributed by atoms with E-state index in [2.05, 4.69) is 11.8 Å². The number of carbonyl (C=O) groups is 1. The van der Waals surface area contributed by atoms with Gasteiger partial charge < -0.3 is 9.84 Å². The third kappa shape index (κ3) is 3.00. The number of carboxylic acids is 1. The normalized spacial score (nSPS) is 30.0. The van der Waals surface area contributed by atoms with E-state index in [1.54, 1.807) is 11.3 Å². The highest BCUT2D eigenvalue weighted by Crippen LogP contribution is 2.37. The molecule has 3 rings (SSSR count). The molecule has 2 aliphatic heterocycles. The van der Waals surface area contributed by atoms with E-state index in [4.69, 9.17) is 4.74 Å². The van der Waals surface area contributed by atoms with Gasteiger partial charge in [0.05, 0.1) is 6.10 Å². The molecule has 1 aromatic heterocycles. The molecule has 1 saturated heterocycles. The molecule has 0 amide bonds. The van der Waals surface area contributed by atoms with Crippen molar-refractivity contribution in [1.82, 2.24) is 4.90 Å². The van der Waals surface area contributed by atoms with Crippen molar-refractivity contribution in [2.45, 2.75) is 57.2 Å². The van der Waals surface area contributed by atoms with Crippen LogP contribution in [-0.2, 0) is 16.0 Å². The van der Waals surface area contributed by atoms with Crippen LogP contribution in [0.1, 0.15) is 49.1 Å². The Balaban J connectivity index is 1.79. The van der Waals surface area contributed by atoms with E-state index in [0.29, 0.717) is 12.1 Å². The van der Waals surface area contributed by atoms with Crippen molar-refractivity contribution < 1.29 is 14.6 Å². The fourth-order valence-corrected chi connectivity index (χ4v) is 4.59. The number of thiophene rings is 1. The molecule has 21 heavy (non-hydrogen) atoms. The largest absolute Gasteiger partial charge is 0.480 e. The summed E-state index contributed by atoms with van der Waals surface area (Å²) in [6, 6.07) is 1.86. The van der Waals surface area contributed by atoms with Crippen LogP contribution in [0.3, 0.4) is 0 Å². The summed E-state index contributed by atoms with van der Waals surface area (Å²) in [6.45, 7) is 3.79. The van der Waals surface area contributed by atoms with Crippen molar-refractivity contribution in [2.75, 3.05) is 13.2 Å². The van der Waals surface area contributed by atoms with E-state index in [9.17, 15) is 9.90 Å². The average Bonchev–Trinajstić information content (AvgIpc) is 2.95. The lowest BCUT2D eigenvalue weighted by atomic mass is 9.92. The van der Waals surface area contributed by atoms with Gasteiger partial charge in [0.1, 0.15) is 6.04 Å². The number of aliphatic carboxylic acids is 1. The van der Waals surface area contributed by atoms with Crippen LogP contribution in [0.15, 0.2) is 11.4 Å². The van der Waals surface area contributed by atoms with Crippen molar-refractivity contribution in [3.63, 3.8) is 0 Å². The fourth-order valence-electron chi connectivity index (χ4n) is 3.69. The molecule has 116 valence electrons. The number of hydrogen-bond donors (Lipinski definition) is 1. The van der Waals surface area contributed by atoms with Gasteiger partial charge >= 0.3 is 5.97 Å². The minimum Gasteiger partial charge on any atom is -0.480 e. The molecule has 0 aliphatic carbocycles. The first kappa shape index (κ1) is 15.0. The van der Waals surface area contributed by atoms with Gasteiger partial charge in [0.15, 0.2) is 0 Å². The number of ether oxygens (including phenoxy) is 1. The number of nitrogens with zero attached hydrogens (tertiary/aromatic N) is 1. The molecule has 0 saturated carbocycles. The maximum atomic E-state index is 11.8. The van der Waals surface area contributed by atoms with E-state index in [1.807, 2.05) is 11.4 Å². The molecule has 0 aromatic carbocycles. The van der Waals surface area contributed by atoms with Crippen LogP contribution >= 0.6 is 11.3 Å². The van der Waals surface area contributed by atoms with Gasteiger partial charge in [-0.05, 0) is 42.7 Å². The molecule has 2 aliphatic rings. The topological polar surface area (TPSA) is 49.8 Å². The van der Waals surface area contributed by atoms with E-state index in [-0.39, 0.29) is 0 Å². The average molecular weight is 309 g/mol. The summed E-state index contributed by atoms with van der Waals surface area (Å²) in [5.41, 5.74) is 1.01. The van der Waals surface area contributed by atoms with E-state index in [1.165, 1.54) is 4.88 Å². The molecule has 0 radical (unpaired) electrons. The Labute approximate surface area is 129 Å². The van der Waals surface area contributed by atoms with Gasteiger partial charge in [-0.3, -0.25) is 9.69 Å². The van der Waals surface area contributed by atoms with Crippen molar-refractivity contribution in [3.8, 4) is 0 Å². The zero-order valence-corrected chi connectivity index (χ0v) is 13.3. The second kappa shape index (κ2) is 6.46. The Morgan fingerprint density at radius 3 is 3.19 bits per heavy atom. The van der Waals surface area contributed by atoms with Gasteiger partial charge in [-0.2, -0.15) is 0 Å². The zero-order valence-electron chi connectivity index (χ0n) is 12.5. The van der Waals surface area contributed by atoms with Crippen LogP contribution in [0.4, 0.5) is 0 Å².